The monoisotopic (exact) mass is 264 g/mol. The van der Waals surface area contributed by atoms with E-state index in [1.165, 1.54) is 15.0 Å². The van der Waals surface area contributed by atoms with Gasteiger partial charge in [-0.3, -0.25) is 0 Å². The van der Waals surface area contributed by atoms with Crippen LogP contribution >= 0.6 is 23.3 Å². The molecule has 90 valence electrons. The zero-order valence-electron chi connectivity index (χ0n) is 9.63. The number of rotatable bonds is 2. The molecule has 0 amide bonds. The van der Waals surface area contributed by atoms with Crippen molar-refractivity contribution in [1.29, 1.82) is 0 Å². The molecule has 0 spiro atoms. The molecule has 0 radical (unpaired) electrons. The molecule has 1 aliphatic rings. The minimum atomic E-state index is 0.408. The molecule has 1 aliphatic heterocycles. The fourth-order valence-corrected chi connectivity index (χ4v) is 4.28. The van der Waals surface area contributed by atoms with Gasteiger partial charge in [-0.15, -0.1) is 11.3 Å². The quantitative estimate of drug-likeness (QED) is 0.844. The maximum atomic E-state index is 5.93. The van der Waals surface area contributed by atoms with Crippen molar-refractivity contribution >= 4 is 33.4 Å². The summed E-state index contributed by atoms with van der Waals surface area (Å²) in [4.78, 5) is 1.39. The third-order valence-corrected chi connectivity index (χ3v) is 5.44. The van der Waals surface area contributed by atoms with Crippen molar-refractivity contribution in [3.8, 4) is 0 Å². The number of nitrogens with zero attached hydrogens (tertiary/aromatic N) is 1. The number of piperidine rings is 1. The predicted octanol–water partition coefficient (Wildman–Crippen LogP) is 3.33. The van der Waals surface area contributed by atoms with Gasteiger partial charge >= 0.3 is 0 Å². The smallest absolute Gasteiger partial charge is 0.0416 e. The maximum Gasteiger partial charge on any atom is 0.0416 e. The Kier molecular flexibility index (Phi) is 3.38. The van der Waals surface area contributed by atoms with Gasteiger partial charge in [-0.1, -0.05) is 18.2 Å². The summed E-state index contributed by atoms with van der Waals surface area (Å²) in [5, 5.41) is 3.65. The fraction of sp³-hybridized carbons (Fsp3) is 0.385. The van der Waals surface area contributed by atoms with Gasteiger partial charge in [-0.2, -0.15) is 0 Å². The standard InChI is InChI=1S/C13H16N2S2/c14-10-5-7-15(8-6-10)17-13-9-16-12-4-2-1-3-11(12)13/h1-4,9-10H,5-8,14H2. The molecular weight excluding hydrogens is 248 g/mol. The second-order valence-corrected chi connectivity index (χ2v) is 6.50. The van der Waals surface area contributed by atoms with Gasteiger partial charge in [0.1, 0.15) is 0 Å². The van der Waals surface area contributed by atoms with E-state index in [4.69, 9.17) is 5.73 Å². The molecule has 3 rings (SSSR count). The summed E-state index contributed by atoms with van der Waals surface area (Å²) in [6.07, 6.45) is 2.24. The molecule has 1 aromatic heterocycles. The molecule has 17 heavy (non-hydrogen) atoms. The van der Waals surface area contributed by atoms with Crippen LogP contribution in [0.2, 0.25) is 0 Å². The first-order valence-corrected chi connectivity index (χ1v) is 7.63. The highest BCUT2D eigenvalue weighted by Crippen LogP contribution is 2.35. The average Bonchev–Trinajstić information content (AvgIpc) is 2.76. The second kappa shape index (κ2) is 4.98. The Bertz CT molecular complexity index is 501. The minimum Gasteiger partial charge on any atom is -0.328 e. The lowest BCUT2D eigenvalue weighted by molar-refractivity contribution is 0.346. The van der Waals surface area contributed by atoms with E-state index >= 15 is 0 Å². The Balaban J connectivity index is 1.76. The Hall–Kier alpha value is -0.550. The SMILES string of the molecule is NC1CCN(Sc2csc3ccccc23)CC1. The van der Waals surface area contributed by atoms with E-state index in [2.05, 4.69) is 34.0 Å². The molecule has 0 bridgehead atoms. The van der Waals surface area contributed by atoms with Gasteiger partial charge < -0.3 is 5.73 Å². The highest BCUT2D eigenvalue weighted by atomic mass is 32.2. The number of benzene rings is 1. The Labute approximate surface area is 110 Å². The Morgan fingerprint density at radius 1 is 1.24 bits per heavy atom. The van der Waals surface area contributed by atoms with Crippen LogP contribution in [-0.2, 0) is 0 Å². The molecule has 1 aromatic carbocycles. The summed E-state index contributed by atoms with van der Waals surface area (Å²) < 4.78 is 3.82. The van der Waals surface area contributed by atoms with Crippen LogP contribution in [0, 0.1) is 0 Å². The number of hydrogen-bond donors (Lipinski definition) is 1. The molecule has 0 saturated carbocycles. The summed E-state index contributed by atoms with van der Waals surface area (Å²) in [5.41, 5.74) is 5.93. The Morgan fingerprint density at radius 3 is 2.82 bits per heavy atom. The van der Waals surface area contributed by atoms with Gasteiger partial charge in [0, 0.05) is 39.5 Å². The molecule has 0 unspecified atom stereocenters. The van der Waals surface area contributed by atoms with Crippen LogP contribution in [0.4, 0.5) is 0 Å². The lowest BCUT2D eigenvalue weighted by atomic mass is 10.1. The molecular formula is C13H16N2S2. The Morgan fingerprint density at radius 2 is 2.00 bits per heavy atom. The van der Waals surface area contributed by atoms with Crippen molar-refractivity contribution < 1.29 is 0 Å². The fourth-order valence-electron chi connectivity index (χ4n) is 2.13. The van der Waals surface area contributed by atoms with Gasteiger partial charge in [-0.05, 0) is 30.9 Å². The van der Waals surface area contributed by atoms with Gasteiger partial charge in [0.15, 0.2) is 0 Å². The first kappa shape index (κ1) is 11.5. The highest BCUT2D eigenvalue weighted by molar-refractivity contribution is 7.97. The summed E-state index contributed by atoms with van der Waals surface area (Å²) in [5.74, 6) is 0. The lowest BCUT2D eigenvalue weighted by Crippen LogP contribution is -2.36. The van der Waals surface area contributed by atoms with Crippen LogP contribution in [0.5, 0.6) is 0 Å². The van der Waals surface area contributed by atoms with Gasteiger partial charge in [0.2, 0.25) is 0 Å². The molecule has 2 aromatic rings. The molecule has 2 nitrogen and oxygen atoms in total. The van der Waals surface area contributed by atoms with Crippen molar-refractivity contribution in [1.82, 2.24) is 4.31 Å². The van der Waals surface area contributed by atoms with E-state index in [-0.39, 0.29) is 0 Å². The van der Waals surface area contributed by atoms with Crippen LogP contribution < -0.4 is 5.73 Å². The van der Waals surface area contributed by atoms with Crippen molar-refractivity contribution in [3.63, 3.8) is 0 Å². The zero-order valence-corrected chi connectivity index (χ0v) is 11.3. The summed E-state index contributed by atoms with van der Waals surface area (Å²) >= 11 is 3.72. The zero-order chi connectivity index (χ0) is 11.7. The molecule has 4 heteroatoms. The topological polar surface area (TPSA) is 29.3 Å². The van der Waals surface area contributed by atoms with E-state index in [1.807, 2.05) is 23.3 Å². The lowest BCUT2D eigenvalue weighted by Gasteiger charge is -2.28. The second-order valence-electron chi connectivity index (χ2n) is 4.45. The molecule has 2 heterocycles. The number of thiophene rings is 1. The summed E-state index contributed by atoms with van der Waals surface area (Å²) in [6.45, 7) is 2.21. The summed E-state index contributed by atoms with van der Waals surface area (Å²) in [6, 6.07) is 9.03. The molecule has 1 saturated heterocycles. The van der Waals surface area contributed by atoms with Crippen molar-refractivity contribution in [2.24, 2.45) is 5.73 Å². The first-order valence-electron chi connectivity index (χ1n) is 5.97. The van der Waals surface area contributed by atoms with Crippen LogP contribution in [0.3, 0.4) is 0 Å². The van der Waals surface area contributed by atoms with E-state index in [9.17, 15) is 0 Å². The number of hydrogen-bond acceptors (Lipinski definition) is 4. The van der Waals surface area contributed by atoms with Crippen LogP contribution in [0.15, 0.2) is 34.5 Å². The largest absolute Gasteiger partial charge is 0.328 e. The first-order chi connectivity index (χ1) is 8.33. The average molecular weight is 264 g/mol. The van der Waals surface area contributed by atoms with Crippen molar-refractivity contribution in [2.45, 2.75) is 23.8 Å². The van der Waals surface area contributed by atoms with Crippen LogP contribution in [-0.4, -0.2) is 23.4 Å². The number of fused-ring (bicyclic) bond motifs is 1. The highest BCUT2D eigenvalue weighted by Gasteiger charge is 2.17. The third kappa shape index (κ3) is 2.50. The minimum absolute atomic E-state index is 0.408. The molecule has 0 aliphatic carbocycles. The van der Waals surface area contributed by atoms with Crippen molar-refractivity contribution in [2.75, 3.05) is 13.1 Å². The van der Waals surface area contributed by atoms with Gasteiger partial charge in [0.25, 0.3) is 0 Å². The van der Waals surface area contributed by atoms with Gasteiger partial charge in [0.05, 0.1) is 0 Å². The van der Waals surface area contributed by atoms with E-state index < -0.39 is 0 Å². The van der Waals surface area contributed by atoms with Crippen molar-refractivity contribution in [3.05, 3.63) is 29.6 Å². The van der Waals surface area contributed by atoms with Crippen LogP contribution in [0.1, 0.15) is 12.8 Å². The van der Waals surface area contributed by atoms with E-state index in [0.29, 0.717) is 6.04 Å². The molecule has 2 N–H and O–H groups in total. The summed E-state index contributed by atoms with van der Waals surface area (Å²) in [7, 11) is 0. The number of nitrogens with two attached hydrogens (primary N) is 1. The molecule has 0 atom stereocenters. The third-order valence-electron chi connectivity index (χ3n) is 3.17. The van der Waals surface area contributed by atoms with Crippen LogP contribution in [0.25, 0.3) is 10.1 Å². The predicted molar refractivity (Wildman–Crippen MR) is 76.5 cm³/mol. The van der Waals surface area contributed by atoms with Gasteiger partial charge in [-0.25, -0.2) is 4.31 Å². The molecule has 1 fully saturated rings. The normalized spacial score (nSPS) is 18.9. The van der Waals surface area contributed by atoms with E-state index in [0.717, 1.165) is 25.9 Å². The maximum absolute atomic E-state index is 5.93. The van der Waals surface area contributed by atoms with E-state index in [1.54, 1.807) is 0 Å².